The minimum Gasteiger partial charge on any atom is -0.289 e. The van der Waals surface area contributed by atoms with Gasteiger partial charge < -0.3 is 0 Å². The van der Waals surface area contributed by atoms with Crippen LogP contribution in [0.3, 0.4) is 0 Å². The number of hydrogen-bond donors (Lipinski definition) is 1. The summed E-state index contributed by atoms with van der Waals surface area (Å²) >= 11 is 0. The highest BCUT2D eigenvalue weighted by molar-refractivity contribution is 6.03. The number of hydrazine groups is 1. The van der Waals surface area contributed by atoms with E-state index in [2.05, 4.69) is 5.43 Å². The Hall–Kier alpha value is -2.47. The van der Waals surface area contributed by atoms with Gasteiger partial charge in [-0.3, -0.25) is 19.5 Å². The first-order valence-electron chi connectivity index (χ1n) is 7.08. The Morgan fingerprint density at radius 3 is 2.45 bits per heavy atom. The van der Waals surface area contributed by atoms with E-state index < -0.39 is 18.5 Å². The topological polar surface area (TPSA) is 69.7 Å². The second-order valence-corrected chi connectivity index (χ2v) is 4.35. The van der Waals surface area contributed by atoms with Crippen molar-refractivity contribution in [2.75, 3.05) is 19.6 Å². The Morgan fingerprint density at radius 2 is 1.91 bits per heavy atom. The average Bonchev–Trinajstić information content (AvgIpc) is 2.55. The lowest BCUT2D eigenvalue weighted by molar-refractivity contribution is -0.123. The molecule has 1 rings (SSSR count). The van der Waals surface area contributed by atoms with E-state index in [-0.39, 0.29) is 0 Å². The fourth-order valence-corrected chi connectivity index (χ4v) is 1.78. The minimum absolute atomic E-state index is 0.373. The molecule has 0 saturated carbocycles. The number of carbonyl (C=O) groups is 2. The van der Waals surface area contributed by atoms with E-state index in [4.69, 9.17) is 0 Å². The van der Waals surface area contributed by atoms with E-state index >= 15 is 0 Å². The predicted molar refractivity (Wildman–Crippen MR) is 84.3 cm³/mol. The molecule has 0 fully saturated rings. The van der Waals surface area contributed by atoms with E-state index in [0.29, 0.717) is 13.1 Å². The zero-order valence-corrected chi connectivity index (χ0v) is 12.8. The van der Waals surface area contributed by atoms with Gasteiger partial charge in [-0.2, -0.15) is 0 Å². The molecule has 0 bridgehead atoms. The first-order chi connectivity index (χ1) is 10.6. The standard InChI is InChI=1S/C16H20N3O3/c1-3-17-19(4-2)16(22)18(12-13-20)15(21)11-10-14-8-6-5-7-9-14/h5-11,17H,3-4,12H2,1-2H3. The second-order valence-electron chi connectivity index (χ2n) is 4.35. The Balaban J connectivity index is 2.85. The summed E-state index contributed by atoms with van der Waals surface area (Å²) in [5.41, 5.74) is 3.67. The van der Waals surface area contributed by atoms with E-state index in [1.165, 1.54) is 11.1 Å². The van der Waals surface area contributed by atoms with Crippen molar-refractivity contribution in [2.45, 2.75) is 13.8 Å². The molecule has 117 valence electrons. The SMILES string of the molecule is CCNN(CC)C(=O)N(C[C]=O)C(=O)C=Cc1ccccc1. The number of carbonyl (C=O) groups excluding carboxylic acids is 3. The third kappa shape index (κ3) is 5.14. The average molecular weight is 302 g/mol. The molecule has 0 aliphatic heterocycles. The van der Waals surface area contributed by atoms with Gasteiger partial charge in [0, 0.05) is 19.2 Å². The predicted octanol–water partition coefficient (Wildman–Crippen LogP) is 1.60. The molecule has 1 N–H and O–H groups in total. The maximum absolute atomic E-state index is 12.3. The molecule has 0 aromatic heterocycles. The third-order valence-electron chi connectivity index (χ3n) is 2.83. The highest BCUT2D eigenvalue weighted by atomic mass is 16.2. The lowest BCUT2D eigenvalue weighted by atomic mass is 10.2. The van der Waals surface area contributed by atoms with Crippen molar-refractivity contribution in [3.63, 3.8) is 0 Å². The van der Waals surface area contributed by atoms with Gasteiger partial charge in [-0.15, -0.1) is 0 Å². The molecule has 6 nitrogen and oxygen atoms in total. The molecule has 0 aliphatic carbocycles. The van der Waals surface area contributed by atoms with Gasteiger partial charge in [0.25, 0.3) is 5.91 Å². The molecule has 0 aliphatic rings. The molecular formula is C16H20N3O3. The monoisotopic (exact) mass is 302 g/mol. The van der Waals surface area contributed by atoms with Gasteiger partial charge in [0.1, 0.15) is 0 Å². The van der Waals surface area contributed by atoms with Gasteiger partial charge in [0.05, 0.1) is 6.54 Å². The van der Waals surface area contributed by atoms with E-state index in [1.807, 2.05) is 37.3 Å². The molecule has 0 unspecified atom stereocenters. The maximum Gasteiger partial charge on any atom is 0.341 e. The molecule has 0 atom stereocenters. The van der Waals surface area contributed by atoms with Crippen molar-refractivity contribution in [1.82, 2.24) is 15.3 Å². The number of imide groups is 1. The molecule has 3 amide bonds. The second kappa shape index (κ2) is 9.46. The molecule has 0 spiro atoms. The van der Waals surface area contributed by atoms with Gasteiger partial charge in [-0.1, -0.05) is 37.3 Å². The van der Waals surface area contributed by atoms with E-state index in [9.17, 15) is 14.4 Å². The van der Waals surface area contributed by atoms with Crippen LogP contribution in [0.2, 0.25) is 0 Å². The number of amides is 3. The molecule has 1 radical (unpaired) electrons. The Kier molecular flexibility index (Phi) is 7.56. The first kappa shape index (κ1) is 17.6. The van der Waals surface area contributed by atoms with Gasteiger partial charge in [-0.25, -0.2) is 10.2 Å². The van der Waals surface area contributed by atoms with Crippen molar-refractivity contribution in [2.24, 2.45) is 0 Å². The minimum atomic E-state index is -0.574. The number of hydrogen-bond acceptors (Lipinski definition) is 4. The summed E-state index contributed by atoms with van der Waals surface area (Å²) < 4.78 is 0. The Morgan fingerprint density at radius 1 is 1.23 bits per heavy atom. The highest BCUT2D eigenvalue weighted by Gasteiger charge is 2.23. The molecular weight excluding hydrogens is 282 g/mol. The number of nitrogens with one attached hydrogen (secondary N) is 1. The van der Waals surface area contributed by atoms with Crippen LogP contribution in [0.1, 0.15) is 19.4 Å². The van der Waals surface area contributed by atoms with Crippen molar-refractivity contribution >= 4 is 24.3 Å². The van der Waals surface area contributed by atoms with Gasteiger partial charge >= 0.3 is 6.03 Å². The van der Waals surface area contributed by atoms with Crippen LogP contribution in [0, 0.1) is 0 Å². The Labute approximate surface area is 130 Å². The van der Waals surface area contributed by atoms with Crippen LogP contribution in [0.25, 0.3) is 6.08 Å². The van der Waals surface area contributed by atoms with Crippen molar-refractivity contribution in [3.8, 4) is 0 Å². The molecule has 0 saturated heterocycles. The molecule has 1 aromatic carbocycles. The summed E-state index contributed by atoms with van der Waals surface area (Å²) in [7, 11) is 0. The quantitative estimate of drug-likeness (QED) is 0.613. The van der Waals surface area contributed by atoms with Crippen LogP contribution in [0.5, 0.6) is 0 Å². The summed E-state index contributed by atoms with van der Waals surface area (Å²) in [6.07, 6.45) is 4.46. The fraction of sp³-hybridized carbons (Fsp3) is 0.312. The lowest BCUT2D eigenvalue weighted by Crippen LogP contribution is -2.52. The maximum atomic E-state index is 12.3. The van der Waals surface area contributed by atoms with Crippen LogP contribution in [-0.2, 0) is 9.59 Å². The zero-order valence-electron chi connectivity index (χ0n) is 12.8. The van der Waals surface area contributed by atoms with Gasteiger partial charge in [-0.05, 0) is 18.6 Å². The van der Waals surface area contributed by atoms with E-state index in [1.54, 1.807) is 19.3 Å². The van der Waals surface area contributed by atoms with Crippen LogP contribution in [0.4, 0.5) is 4.79 Å². The van der Waals surface area contributed by atoms with Crippen molar-refractivity contribution in [3.05, 3.63) is 42.0 Å². The van der Waals surface area contributed by atoms with Gasteiger partial charge in [0.2, 0.25) is 6.29 Å². The third-order valence-corrected chi connectivity index (χ3v) is 2.83. The number of nitrogens with zero attached hydrogens (tertiary/aromatic N) is 2. The van der Waals surface area contributed by atoms with E-state index in [0.717, 1.165) is 10.5 Å². The van der Waals surface area contributed by atoms with Gasteiger partial charge in [0.15, 0.2) is 0 Å². The molecule has 1 aromatic rings. The van der Waals surface area contributed by atoms with Crippen molar-refractivity contribution in [1.29, 1.82) is 0 Å². The fourth-order valence-electron chi connectivity index (χ4n) is 1.78. The summed E-state index contributed by atoms with van der Waals surface area (Å²) in [5, 5.41) is 1.28. The molecule has 0 heterocycles. The van der Waals surface area contributed by atoms with Crippen LogP contribution >= 0.6 is 0 Å². The van der Waals surface area contributed by atoms with Crippen molar-refractivity contribution < 1.29 is 14.4 Å². The number of urea groups is 1. The summed E-state index contributed by atoms with van der Waals surface area (Å²) in [5.74, 6) is -0.562. The zero-order chi connectivity index (χ0) is 16.4. The molecule has 22 heavy (non-hydrogen) atoms. The summed E-state index contributed by atoms with van der Waals surface area (Å²) in [4.78, 5) is 35.9. The Bertz CT molecular complexity index is 529. The highest BCUT2D eigenvalue weighted by Crippen LogP contribution is 2.04. The lowest BCUT2D eigenvalue weighted by Gasteiger charge is -2.26. The van der Waals surface area contributed by atoms with Crippen LogP contribution in [0.15, 0.2) is 36.4 Å². The van der Waals surface area contributed by atoms with Crippen LogP contribution < -0.4 is 5.43 Å². The largest absolute Gasteiger partial charge is 0.341 e. The summed E-state index contributed by atoms with van der Waals surface area (Å²) in [6, 6.07) is 8.64. The number of benzene rings is 1. The summed E-state index contributed by atoms with van der Waals surface area (Å²) in [6.45, 7) is 4.11. The first-order valence-corrected chi connectivity index (χ1v) is 7.08. The normalized spacial score (nSPS) is 10.5. The smallest absolute Gasteiger partial charge is 0.289 e. The molecule has 6 heteroatoms. The van der Waals surface area contributed by atoms with Crippen LogP contribution in [-0.4, -0.2) is 47.8 Å². The number of rotatable bonds is 7.